The fourth-order valence-corrected chi connectivity index (χ4v) is 3.11. The van der Waals surface area contributed by atoms with Crippen molar-refractivity contribution in [3.05, 3.63) is 18.0 Å². The van der Waals surface area contributed by atoms with Crippen molar-refractivity contribution in [3.63, 3.8) is 0 Å². The quantitative estimate of drug-likeness (QED) is 0.811. The van der Waals surface area contributed by atoms with Crippen LogP contribution in [0.2, 0.25) is 0 Å². The highest BCUT2D eigenvalue weighted by atomic mass is 15.3. The van der Waals surface area contributed by atoms with Crippen LogP contribution in [-0.2, 0) is 13.6 Å². The maximum absolute atomic E-state index is 4.24. The molecule has 0 aromatic carbocycles. The summed E-state index contributed by atoms with van der Waals surface area (Å²) in [5.74, 6) is 0. The summed E-state index contributed by atoms with van der Waals surface area (Å²) in [6.45, 7) is 8.23. The van der Waals surface area contributed by atoms with Crippen molar-refractivity contribution < 1.29 is 0 Å². The second-order valence-electron chi connectivity index (χ2n) is 5.49. The van der Waals surface area contributed by atoms with Gasteiger partial charge in [0.15, 0.2) is 0 Å². The maximum atomic E-state index is 4.24. The van der Waals surface area contributed by atoms with Crippen LogP contribution in [0.1, 0.15) is 12.0 Å². The van der Waals surface area contributed by atoms with E-state index >= 15 is 0 Å². The molecular weight excluding hydrogens is 226 g/mol. The fraction of sp³-hybridized carbons (Fsp3) is 0.769. The van der Waals surface area contributed by atoms with Gasteiger partial charge in [-0.05, 0) is 6.42 Å². The van der Waals surface area contributed by atoms with Crippen molar-refractivity contribution in [2.45, 2.75) is 19.0 Å². The van der Waals surface area contributed by atoms with Gasteiger partial charge in [0.25, 0.3) is 0 Å². The predicted octanol–water partition coefficient (Wildman–Crippen LogP) is -0.100. The molecule has 5 heteroatoms. The zero-order valence-corrected chi connectivity index (χ0v) is 11.2. The number of piperazine rings is 1. The van der Waals surface area contributed by atoms with Crippen molar-refractivity contribution in [3.8, 4) is 0 Å². The summed E-state index contributed by atoms with van der Waals surface area (Å²) < 4.78 is 1.89. The number of aryl methyl sites for hydroxylation is 1. The first kappa shape index (κ1) is 12.1. The molecule has 0 amide bonds. The van der Waals surface area contributed by atoms with Gasteiger partial charge in [-0.3, -0.25) is 14.5 Å². The van der Waals surface area contributed by atoms with Crippen LogP contribution in [0.5, 0.6) is 0 Å². The third kappa shape index (κ3) is 2.74. The molecule has 1 atom stereocenters. The van der Waals surface area contributed by atoms with Gasteiger partial charge in [0.2, 0.25) is 0 Å². The van der Waals surface area contributed by atoms with Crippen LogP contribution >= 0.6 is 0 Å². The number of hydrogen-bond donors (Lipinski definition) is 1. The lowest BCUT2D eigenvalue weighted by atomic mass is 10.2. The molecule has 0 spiro atoms. The molecule has 1 unspecified atom stereocenters. The molecule has 18 heavy (non-hydrogen) atoms. The van der Waals surface area contributed by atoms with Crippen molar-refractivity contribution in [1.82, 2.24) is 24.9 Å². The van der Waals surface area contributed by atoms with Gasteiger partial charge in [-0.1, -0.05) is 0 Å². The van der Waals surface area contributed by atoms with Crippen LogP contribution < -0.4 is 5.32 Å². The average Bonchev–Trinajstić information content (AvgIpc) is 3.01. The maximum Gasteiger partial charge on any atom is 0.0534 e. The molecule has 0 aliphatic carbocycles. The summed E-state index contributed by atoms with van der Waals surface area (Å²) in [5, 5.41) is 7.66. The summed E-state index contributed by atoms with van der Waals surface area (Å²) >= 11 is 0. The highest BCUT2D eigenvalue weighted by molar-refractivity contribution is 5.04. The highest BCUT2D eigenvalue weighted by Gasteiger charge is 2.28. The van der Waals surface area contributed by atoms with Gasteiger partial charge < -0.3 is 5.32 Å². The van der Waals surface area contributed by atoms with Crippen LogP contribution in [0.3, 0.4) is 0 Å². The Labute approximate surface area is 109 Å². The molecular formula is C13H23N5. The number of nitrogens with zero attached hydrogens (tertiary/aromatic N) is 4. The van der Waals surface area contributed by atoms with Crippen LogP contribution in [0, 0.1) is 0 Å². The lowest BCUT2D eigenvalue weighted by Crippen LogP contribution is -2.49. The van der Waals surface area contributed by atoms with Gasteiger partial charge in [-0.2, -0.15) is 5.10 Å². The van der Waals surface area contributed by atoms with Gasteiger partial charge >= 0.3 is 0 Å². The SMILES string of the molecule is Cn1cc(CN2CCC(N3CCNCC3)C2)cn1. The Bertz CT molecular complexity index is 382. The van der Waals surface area contributed by atoms with Crippen LogP contribution in [-0.4, -0.2) is 64.9 Å². The molecule has 2 saturated heterocycles. The van der Waals surface area contributed by atoms with Gasteiger partial charge in [0.05, 0.1) is 6.20 Å². The predicted molar refractivity (Wildman–Crippen MR) is 71.3 cm³/mol. The van der Waals surface area contributed by atoms with Crippen LogP contribution in [0.4, 0.5) is 0 Å². The largest absolute Gasteiger partial charge is 0.314 e. The van der Waals surface area contributed by atoms with E-state index in [1.807, 2.05) is 17.9 Å². The minimum absolute atomic E-state index is 0.767. The third-order valence-electron chi connectivity index (χ3n) is 4.08. The van der Waals surface area contributed by atoms with E-state index in [1.165, 1.54) is 38.2 Å². The second-order valence-corrected chi connectivity index (χ2v) is 5.49. The lowest BCUT2D eigenvalue weighted by molar-refractivity contribution is 0.170. The van der Waals surface area contributed by atoms with E-state index in [1.54, 1.807) is 0 Å². The number of hydrogen-bond acceptors (Lipinski definition) is 4. The van der Waals surface area contributed by atoms with E-state index < -0.39 is 0 Å². The number of rotatable bonds is 3. The van der Waals surface area contributed by atoms with Crippen molar-refractivity contribution >= 4 is 0 Å². The van der Waals surface area contributed by atoms with E-state index in [9.17, 15) is 0 Å². The summed E-state index contributed by atoms with van der Waals surface area (Å²) in [4.78, 5) is 5.21. The van der Waals surface area contributed by atoms with Crippen LogP contribution in [0.15, 0.2) is 12.4 Å². The normalized spacial score (nSPS) is 26.8. The zero-order valence-electron chi connectivity index (χ0n) is 11.2. The molecule has 0 bridgehead atoms. The first-order valence-corrected chi connectivity index (χ1v) is 6.96. The molecule has 5 nitrogen and oxygen atoms in total. The standard InChI is InChI=1S/C13H23N5/c1-16-9-12(8-15-16)10-17-5-2-13(11-17)18-6-3-14-4-7-18/h8-9,13-14H,2-7,10-11H2,1H3. The minimum atomic E-state index is 0.767. The third-order valence-corrected chi connectivity index (χ3v) is 4.08. The molecule has 1 aromatic rings. The highest BCUT2D eigenvalue weighted by Crippen LogP contribution is 2.18. The summed E-state index contributed by atoms with van der Waals surface area (Å²) in [6, 6.07) is 0.767. The Morgan fingerprint density at radius 3 is 2.89 bits per heavy atom. The van der Waals surface area contributed by atoms with Crippen molar-refractivity contribution in [2.24, 2.45) is 7.05 Å². The number of aromatic nitrogens is 2. The van der Waals surface area contributed by atoms with E-state index in [-0.39, 0.29) is 0 Å². The summed E-state index contributed by atoms with van der Waals surface area (Å²) in [6.07, 6.45) is 5.43. The van der Waals surface area contributed by atoms with Gasteiger partial charge in [0.1, 0.15) is 0 Å². The van der Waals surface area contributed by atoms with E-state index in [4.69, 9.17) is 0 Å². The van der Waals surface area contributed by atoms with E-state index in [0.29, 0.717) is 0 Å². The van der Waals surface area contributed by atoms with Gasteiger partial charge in [-0.25, -0.2) is 0 Å². The summed E-state index contributed by atoms with van der Waals surface area (Å²) in [5.41, 5.74) is 1.33. The van der Waals surface area contributed by atoms with Crippen molar-refractivity contribution in [2.75, 3.05) is 39.3 Å². The smallest absolute Gasteiger partial charge is 0.0534 e. The van der Waals surface area contributed by atoms with Gasteiger partial charge in [-0.15, -0.1) is 0 Å². The first-order valence-electron chi connectivity index (χ1n) is 6.96. The Morgan fingerprint density at radius 1 is 1.33 bits per heavy atom. The molecule has 3 rings (SSSR count). The Balaban J connectivity index is 1.51. The molecule has 2 aliphatic heterocycles. The molecule has 2 fully saturated rings. The molecule has 2 aliphatic rings. The molecule has 1 aromatic heterocycles. The van der Waals surface area contributed by atoms with E-state index in [0.717, 1.165) is 25.7 Å². The monoisotopic (exact) mass is 249 g/mol. The lowest BCUT2D eigenvalue weighted by Gasteiger charge is -2.32. The first-order chi connectivity index (χ1) is 8.81. The second kappa shape index (κ2) is 5.38. The van der Waals surface area contributed by atoms with Crippen LogP contribution in [0.25, 0.3) is 0 Å². The Hall–Kier alpha value is -0.910. The minimum Gasteiger partial charge on any atom is -0.314 e. The molecule has 0 saturated carbocycles. The topological polar surface area (TPSA) is 36.3 Å². The van der Waals surface area contributed by atoms with Gasteiger partial charge in [0, 0.05) is 70.7 Å². The Morgan fingerprint density at radius 2 is 2.17 bits per heavy atom. The molecule has 1 N–H and O–H groups in total. The molecule has 0 radical (unpaired) electrons. The zero-order chi connectivity index (χ0) is 12.4. The number of likely N-dealkylation sites (tertiary alicyclic amines) is 1. The van der Waals surface area contributed by atoms with Crippen molar-refractivity contribution in [1.29, 1.82) is 0 Å². The Kier molecular flexibility index (Phi) is 3.63. The van der Waals surface area contributed by atoms with E-state index in [2.05, 4.69) is 26.4 Å². The molecule has 100 valence electrons. The number of nitrogens with one attached hydrogen (secondary N) is 1. The fourth-order valence-electron chi connectivity index (χ4n) is 3.11. The molecule has 3 heterocycles. The average molecular weight is 249 g/mol. The summed E-state index contributed by atoms with van der Waals surface area (Å²) in [7, 11) is 1.98.